The molecule has 0 N–H and O–H groups in total. The Morgan fingerprint density at radius 2 is 0.878 bits per heavy atom. The van der Waals surface area contributed by atoms with E-state index in [1.807, 2.05) is 54.6 Å². The fraction of sp³-hybridized carbons (Fsp3) is 0.0270. The number of hydrogen-bond acceptors (Lipinski definition) is 4. The highest BCUT2D eigenvalue weighted by molar-refractivity contribution is 6.11. The summed E-state index contributed by atoms with van der Waals surface area (Å²) < 4.78 is 0. The summed E-state index contributed by atoms with van der Waals surface area (Å²) in [5.74, 6) is 0. The van der Waals surface area contributed by atoms with E-state index in [9.17, 15) is 5.53 Å². The van der Waals surface area contributed by atoms with Crippen LogP contribution in [-0.4, -0.2) is 0 Å². The van der Waals surface area contributed by atoms with Crippen LogP contribution in [0.2, 0.25) is 0 Å². The summed E-state index contributed by atoms with van der Waals surface area (Å²) >= 11 is 0. The van der Waals surface area contributed by atoms with E-state index < -0.39 is 0 Å². The number of benzene rings is 6. The minimum Gasteiger partial charge on any atom is -0.0622 e. The third-order valence-electron chi connectivity index (χ3n) is 8.52. The van der Waals surface area contributed by atoms with Crippen LogP contribution in [0.4, 0.5) is 22.7 Å². The zero-order valence-corrected chi connectivity index (χ0v) is 25.6. The summed E-state index contributed by atoms with van der Waals surface area (Å²) in [4.78, 5) is 12.1. The number of azide groups is 4. The largest absolute Gasteiger partial charge is 0.0622 e. The molecule has 0 unspecified atom stereocenters. The van der Waals surface area contributed by atoms with Gasteiger partial charge in [-0.2, -0.15) is 0 Å². The van der Waals surface area contributed by atoms with Crippen molar-refractivity contribution in [2.24, 2.45) is 20.5 Å². The van der Waals surface area contributed by atoms with E-state index in [1.54, 1.807) is 36.4 Å². The number of nitrogens with zero attached hydrogens (tertiary/aromatic N) is 12. The van der Waals surface area contributed by atoms with Gasteiger partial charge < -0.3 is 0 Å². The van der Waals surface area contributed by atoms with Gasteiger partial charge in [-0.25, -0.2) is 0 Å². The molecule has 0 amide bonds. The third-order valence-corrected chi connectivity index (χ3v) is 8.52. The fourth-order valence-corrected chi connectivity index (χ4v) is 6.60. The zero-order chi connectivity index (χ0) is 33.7. The van der Waals surface area contributed by atoms with Crippen molar-refractivity contribution in [2.45, 2.75) is 6.42 Å². The van der Waals surface area contributed by atoms with Crippen molar-refractivity contribution < 1.29 is 0 Å². The lowest BCUT2D eigenvalue weighted by molar-refractivity contribution is 1.26. The normalized spacial score (nSPS) is 10.8. The predicted octanol–water partition coefficient (Wildman–Crippen LogP) is 13.7. The maximum atomic E-state index is 10.1. The lowest BCUT2D eigenvalue weighted by Gasteiger charge is -2.24. The van der Waals surface area contributed by atoms with Gasteiger partial charge in [0.15, 0.2) is 0 Å². The number of fused-ring (bicyclic) bond motifs is 3. The molecule has 6 aromatic rings. The lowest BCUT2D eigenvalue weighted by Crippen LogP contribution is -1.98. The third kappa shape index (κ3) is 5.52. The van der Waals surface area contributed by atoms with Crippen LogP contribution >= 0.6 is 0 Å². The molecule has 7 rings (SSSR count). The number of rotatable bonds is 8. The van der Waals surface area contributed by atoms with E-state index >= 15 is 0 Å². The Morgan fingerprint density at radius 1 is 0.388 bits per heavy atom. The van der Waals surface area contributed by atoms with Gasteiger partial charge in [-0.05, 0) is 89.7 Å². The van der Waals surface area contributed by atoms with E-state index in [0.29, 0.717) is 34.7 Å². The Kier molecular flexibility index (Phi) is 8.09. The molecule has 0 radical (unpaired) electrons. The van der Waals surface area contributed by atoms with Crippen LogP contribution in [-0.2, 0) is 6.42 Å². The summed E-state index contributed by atoms with van der Waals surface area (Å²) in [6.07, 6.45) is 0.562. The predicted molar refractivity (Wildman–Crippen MR) is 192 cm³/mol. The quantitative estimate of drug-likeness (QED) is 0.0871. The fourth-order valence-electron chi connectivity index (χ4n) is 6.60. The highest BCUT2D eigenvalue weighted by atomic mass is 15.1. The van der Waals surface area contributed by atoms with Crippen LogP contribution < -0.4 is 0 Å². The maximum absolute atomic E-state index is 10.1. The average molecular weight is 635 g/mol. The van der Waals surface area contributed by atoms with Crippen LogP contribution in [0.5, 0.6) is 0 Å². The molecule has 1 aliphatic rings. The Hall–Kier alpha value is -7.44. The van der Waals surface area contributed by atoms with E-state index in [4.69, 9.17) is 16.6 Å². The molecule has 0 aromatic heterocycles. The SMILES string of the molecule is [N-]=[N+]=Nc1ccc(-c2c3c(c(-c4ccc(N=[N+]=[N-])cc4)c(-c4ccc(N=[N+]=[N-])cc4)c2N=[N+]=[N-])-c2c(cccc2-c2ccccc2)C3)cc1. The lowest BCUT2D eigenvalue weighted by atomic mass is 9.80. The Labute approximate surface area is 279 Å². The molecule has 0 saturated heterocycles. The molecule has 1 aliphatic carbocycles. The first-order chi connectivity index (χ1) is 24.1. The molecule has 0 aliphatic heterocycles. The highest BCUT2D eigenvalue weighted by Gasteiger charge is 2.33. The van der Waals surface area contributed by atoms with Gasteiger partial charge >= 0.3 is 0 Å². The summed E-state index contributed by atoms with van der Waals surface area (Å²) in [5.41, 5.74) is 49.8. The first kappa shape index (κ1) is 30.2. The van der Waals surface area contributed by atoms with Crippen molar-refractivity contribution in [1.29, 1.82) is 0 Å². The molecule has 49 heavy (non-hydrogen) atoms. The Morgan fingerprint density at radius 3 is 1.39 bits per heavy atom. The zero-order valence-electron chi connectivity index (χ0n) is 25.6. The molecule has 0 spiro atoms. The van der Waals surface area contributed by atoms with Crippen molar-refractivity contribution in [3.05, 3.63) is 174 Å². The molecular weight excluding hydrogens is 612 g/mol. The van der Waals surface area contributed by atoms with E-state index in [-0.39, 0.29) is 0 Å². The molecular formula is C37H22N12. The second-order valence-electron chi connectivity index (χ2n) is 11.1. The number of hydrogen-bond donors (Lipinski definition) is 0. The van der Waals surface area contributed by atoms with Crippen LogP contribution in [0.15, 0.2) is 142 Å². The van der Waals surface area contributed by atoms with Gasteiger partial charge in [0.05, 0.1) is 5.69 Å². The average Bonchev–Trinajstić information content (AvgIpc) is 3.53. The summed E-state index contributed by atoms with van der Waals surface area (Å²) in [6, 6.07) is 38.1. The van der Waals surface area contributed by atoms with Gasteiger partial charge in [-0.1, -0.05) is 142 Å². The van der Waals surface area contributed by atoms with E-state index in [0.717, 1.165) is 61.2 Å². The van der Waals surface area contributed by atoms with Gasteiger partial charge in [-0.3, -0.25) is 0 Å². The molecule has 230 valence electrons. The molecule has 6 aromatic carbocycles. The Bertz CT molecular complexity index is 2450. The van der Waals surface area contributed by atoms with Crippen LogP contribution in [0.3, 0.4) is 0 Å². The standard InChI is InChI=1S/C37H22N12/c38-46-42-27-15-9-23(10-16-27)33-31-21-26-7-4-8-30(22-5-2-1-3-6-22)32(26)36(31)34(24-11-17-28(18-12-24)43-47-39)35(37(33)45-49-41)25-13-19-29(20-14-25)44-48-40/h1-20H,21H2. The molecule has 0 heterocycles. The van der Waals surface area contributed by atoms with Crippen molar-refractivity contribution in [3.8, 4) is 55.6 Å². The first-order valence-corrected chi connectivity index (χ1v) is 15.1. The van der Waals surface area contributed by atoms with Crippen molar-refractivity contribution in [3.63, 3.8) is 0 Å². The summed E-state index contributed by atoms with van der Waals surface area (Å²) in [5, 5.41) is 15.7. The smallest absolute Gasteiger partial charge is 0.0541 e. The van der Waals surface area contributed by atoms with E-state index in [2.05, 4.69) is 70.4 Å². The molecule has 0 bridgehead atoms. The summed E-state index contributed by atoms with van der Waals surface area (Å²) in [7, 11) is 0. The second kappa shape index (κ2) is 13.1. The first-order valence-electron chi connectivity index (χ1n) is 15.1. The minimum absolute atomic E-state index is 0.414. The maximum Gasteiger partial charge on any atom is 0.0541 e. The molecule has 12 heteroatoms. The topological polar surface area (TPSA) is 195 Å². The summed E-state index contributed by atoms with van der Waals surface area (Å²) in [6.45, 7) is 0. The highest BCUT2D eigenvalue weighted by Crippen LogP contribution is 2.58. The second-order valence-corrected chi connectivity index (χ2v) is 11.1. The van der Waals surface area contributed by atoms with Gasteiger partial charge in [0.1, 0.15) is 0 Å². The van der Waals surface area contributed by atoms with Gasteiger partial charge in [0, 0.05) is 42.3 Å². The van der Waals surface area contributed by atoms with Crippen molar-refractivity contribution in [1.82, 2.24) is 0 Å². The molecule has 0 fully saturated rings. The monoisotopic (exact) mass is 634 g/mol. The van der Waals surface area contributed by atoms with Crippen LogP contribution in [0.1, 0.15) is 11.1 Å². The van der Waals surface area contributed by atoms with Gasteiger partial charge in [-0.15, -0.1) is 0 Å². The van der Waals surface area contributed by atoms with Crippen molar-refractivity contribution >= 4 is 22.7 Å². The van der Waals surface area contributed by atoms with Crippen LogP contribution in [0.25, 0.3) is 97.4 Å². The molecule has 0 saturated carbocycles. The van der Waals surface area contributed by atoms with E-state index in [1.165, 1.54) is 0 Å². The van der Waals surface area contributed by atoms with Gasteiger partial charge in [0.2, 0.25) is 0 Å². The molecule has 12 nitrogen and oxygen atoms in total. The van der Waals surface area contributed by atoms with Gasteiger partial charge in [0.25, 0.3) is 0 Å². The Balaban J connectivity index is 1.68. The minimum atomic E-state index is 0.414. The molecule has 0 atom stereocenters. The van der Waals surface area contributed by atoms with Crippen molar-refractivity contribution in [2.75, 3.05) is 0 Å². The van der Waals surface area contributed by atoms with Crippen LogP contribution in [0, 0.1) is 0 Å².